The zero-order chi connectivity index (χ0) is 16.7. The third-order valence-electron chi connectivity index (χ3n) is 3.30. The van der Waals surface area contributed by atoms with Gasteiger partial charge in [-0.25, -0.2) is 4.79 Å². The number of carbonyl (C=O) groups is 2. The molecule has 120 valence electrons. The van der Waals surface area contributed by atoms with Gasteiger partial charge in [-0.1, -0.05) is 60.7 Å². The molecule has 23 heavy (non-hydrogen) atoms. The van der Waals surface area contributed by atoms with Crippen LogP contribution in [-0.4, -0.2) is 31.0 Å². The zero-order valence-corrected chi connectivity index (χ0v) is 13.2. The van der Waals surface area contributed by atoms with Crippen molar-refractivity contribution in [1.29, 1.82) is 0 Å². The van der Waals surface area contributed by atoms with Crippen LogP contribution in [0.25, 0.3) is 0 Å². The van der Waals surface area contributed by atoms with Crippen LogP contribution in [0.2, 0.25) is 0 Å². The Morgan fingerprint density at radius 3 is 2.13 bits per heavy atom. The van der Waals surface area contributed by atoms with Gasteiger partial charge in [-0.3, -0.25) is 4.79 Å². The maximum atomic E-state index is 12.3. The second-order valence-corrected chi connectivity index (χ2v) is 5.28. The molecular formula is C18H20N2O3. The SMILES string of the molecule is CN(C)C(=O)C(NC(=O)OCc1ccccc1)c1ccccc1. The minimum atomic E-state index is -0.769. The number of nitrogens with zero attached hydrogens (tertiary/aromatic N) is 1. The van der Waals surface area contributed by atoms with E-state index in [2.05, 4.69) is 5.32 Å². The molecule has 5 heteroatoms. The summed E-state index contributed by atoms with van der Waals surface area (Å²) in [5.74, 6) is -0.215. The Kier molecular flexibility index (Phi) is 5.74. The molecule has 0 saturated heterocycles. The van der Waals surface area contributed by atoms with Gasteiger partial charge in [-0.2, -0.15) is 0 Å². The molecule has 0 heterocycles. The summed E-state index contributed by atoms with van der Waals surface area (Å²) in [6, 6.07) is 17.7. The van der Waals surface area contributed by atoms with Crippen molar-refractivity contribution in [2.45, 2.75) is 12.6 Å². The van der Waals surface area contributed by atoms with Crippen LogP contribution in [0.3, 0.4) is 0 Å². The zero-order valence-electron chi connectivity index (χ0n) is 13.2. The normalized spacial score (nSPS) is 11.4. The van der Waals surface area contributed by atoms with Crippen molar-refractivity contribution >= 4 is 12.0 Å². The smallest absolute Gasteiger partial charge is 0.408 e. The van der Waals surface area contributed by atoms with E-state index in [1.165, 1.54) is 4.90 Å². The second-order valence-electron chi connectivity index (χ2n) is 5.28. The van der Waals surface area contributed by atoms with E-state index in [0.29, 0.717) is 5.56 Å². The summed E-state index contributed by atoms with van der Waals surface area (Å²) in [4.78, 5) is 25.8. The molecule has 1 N–H and O–H groups in total. The van der Waals surface area contributed by atoms with E-state index in [4.69, 9.17) is 4.74 Å². The Bertz CT molecular complexity index is 642. The first-order chi connectivity index (χ1) is 11.1. The van der Waals surface area contributed by atoms with Crippen molar-refractivity contribution in [3.63, 3.8) is 0 Å². The van der Waals surface area contributed by atoms with E-state index >= 15 is 0 Å². The summed E-state index contributed by atoms with van der Waals surface area (Å²) in [7, 11) is 3.30. The van der Waals surface area contributed by atoms with E-state index in [1.54, 1.807) is 26.2 Å². The van der Waals surface area contributed by atoms with Gasteiger partial charge in [0.15, 0.2) is 0 Å². The van der Waals surface area contributed by atoms with E-state index in [9.17, 15) is 9.59 Å². The molecule has 1 unspecified atom stereocenters. The molecule has 0 aromatic heterocycles. The minimum absolute atomic E-state index is 0.157. The molecule has 0 fully saturated rings. The first-order valence-electron chi connectivity index (χ1n) is 7.31. The maximum Gasteiger partial charge on any atom is 0.408 e. The van der Waals surface area contributed by atoms with Crippen LogP contribution in [0, 0.1) is 0 Å². The van der Waals surface area contributed by atoms with Crippen LogP contribution in [-0.2, 0) is 16.1 Å². The summed E-state index contributed by atoms with van der Waals surface area (Å²) in [6.07, 6.45) is -0.627. The van der Waals surface area contributed by atoms with Crippen molar-refractivity contribution in [3.8, 4) is 0 Å². The summed E-state index contributed by atoms with van der Waals surface area (Å²) >= 11 is 0. The Hall–Kier alpha value is -2.82. The highest BCUT2D eigenvalue weighted by Gasteiger charge is 2.24. The van der Waals surface area contributed by atoms with Crippen LogP contribution >= 0.6 is 0 Å². The van der Waals surface area contributed by atoms with Gasteiger partial charge in [0.2, 0.25) is 5.91 Å². The topological polar surface area (TPSA) is 58.6 Å². The van der Waals surface area contributed by atoms with Gasteiger partial charge in [-0.15, -0.1) is 0 Å². The highest BCUT2D eigenvalue weighted by atomic mass is 16.5. The van der Waals surface area contributed by atoms with Gasteiger partial charge in [0, 0.05) is 14.1 Å². The van der Waals surface area contributed by atoms with Crippen LogP contribution in [0.1, 0.15) is 17.2 Å². The third kappa shape index (κ3) is 4.85. The molecule has 2 aromatic carbocycles. The number of amides is 2. The molecule has 0 bridgehead atoms. The van der Waals surface area contributed by atoms with Gasteiger partial charge in [0.05, 0.1) is 0 Å². The predicted octanol–water partition coefficient (Wildman–Crippen LogP) is 2.74. The number of rotatable bonds is 5. The van der Waals surface area contributed by atoms with Crippen molar-refractivity contribution in [3.05, 3.63) is 71.8 Å². The Morgan fingerprint density at radius 1 is 1.00 bits per heavy atom. The molecule has 0 aliphatic carbocycles. The Labute approximate surface area is 135 Å². The predicted molar refractivity (Wildman–Crippen MR) is 87.6 cm³/mol. The highest BCUT2D eigenvalue weighted by molar-refractivity contribution is 5.86. The van der Waals surface area contributed by atoms with E-state index in [-0.39, 0.29) is 12.5 Å². The lowest BCUT2D eigenvalue weighted by Crippen LogP contribution is -2.40. The molecule has 2 aromatic rings. The van der Waals surface area contributed by atoms with E-state index < -0.39 is 12.1 Å². The molecule has 5 nitrogen and oxygen atoms in total. The molecule has 2 rings (SSSR count). The van der Waals surface area contributed by atoms with Crippen molar-refractivity contribution in [1.82, 2.24) is 10.2 Å². The monoisotopic (exact) mass is 312 g/mol. The lowest BCUT2D eigenvalue weighted by molar-refractivity contribution is -0.131. The highest BCUT2D eigenvalue weighted by Crippen LogP contribution is 2.15. The third-order valence-corrected chi connectivity index (χ3v) is 3.30. The second kappa shape index (κ2) is 7.98. The number of hydrogen-bond acceptors (Lipinski definition) is 3. The summed E-state index contributed by atoms with van der Waals surface area (Å²) in [5, 5.41) is 2.63. The number of likely N-dealkylation sites (N-methyl/N-ethyl adjacent to an activating group) is 1. The minimum Gasteiger partial charge on any atom is -0.445 e. The fraction of sp³-hybridized carbons (Fsp3) is 0.222. The van der Waals surface area contributed by atoms with Crippen LogP contribution in [0.5, 0.6) is 0 Å². The fourth-order valence-corrected chi connectivity index (χ4v) is 2.07. The lowest BCUT2D eigenvalue weighted by Gasteiger charge is -2.21. The molecule has 0 radical (unpaired) electrons. The van der Waals surface area contributed by atoms with Gasteiger partial charge in [-0.05, 0) is 11.1 Å². The van der Waals surface area contributed by atoms with E-state index in [0.717, 1.165) is 5.56 Å². The van der Waals surface area contributed by atoms with Crippen LogP contribution < -0.4 is 5.32 Å². The summed E-state index contributed by atoms with van der Waals surface area (Å²) in [5.41, 5.74) is 1.60. The maximum absolute atomic E-state index is 12.3. The van der Waals surface area contributed by atoms with Crippen molar-refractivity contribution in [2.75, 3.05) is 14.1 Å². The van der Waals surface area contributed by atoms with E-state index in [1.807, 2.05) is 48.5 Å². The Morgan fingerprint density at radius 2 is 1.57 bits per heavy atom. The number of hydrogen-bond donors (Lipinski definition) is 1. The summed E-state index contributed by atoms with van der Waals surface area (Å²) in [6.45, 7) is 0.157. The first kappa shape index (κ1) is 16.5. The number of alkyl carbamates (subject to hydrolysis) is 1. The molecular weight excluding hydrogens is 292 g/mol. The fourth-order valence-electron chi connectivity index (χ4n) is 2.07. The molecule has 0 aliphatic heterocycles. The number of ether oxygens (including phenoxy) is 1. The summed E-state index contributed by atoms with van der Waals surface area (Å²) < 4.78 is 5.19. The van der Waals surface area contributed by atoms with Gasteiger partial charge in [0.1, 0.15) is 12.6 Å². The largest absolute Gasteiger partial charge is 0.445 e. The molecule has 2 amide bonds. The molecule has 1 atom stereocenters. The van der Waals surface area contributed by atoms with Gasteiger partial charge >= 0.3 is 6.09 Å². The standard InChI is InChI=1S/C18H20N2O3/c1-20(2)17(21)16(15-11-7-4-8-12-15)19-18(22)23-13-14-9-5-3-6-10-14/h3-12,16H,13H2,1-2H3,(H,19,22). The van der Waals surface area contributed by atoms with Crippen LogP contribution in [0.4, 0.5) is 4.79 Å². The molecule has 0 saturated carbocycles. The molecule has 0 spiro atoms. The van der Waals surface area contributed by atoms with Crippen molar-refractivity contribution in [2.24, 2.45) is 0 Å². The van der Waals surface area contributed by atoms with Crippen LogP contribution in [0.15, 0.2) is 60.7 Å². The quantitative estimate of drug-likeness (QED) is 0.923. The van der Waals surface area contributed by atoms with Crippen molar-refractivity contribution < 1.29 is 14.3 Å². The van der Waals surface area contributed by atoms with Gasteiger partial charge in [0.25, 0.3) is 0 Å². The number of benzene rings is 2. The Balaban J connectivity index is 2.02. The lowest BCUT2D eigenvalue weighted by atomic mass is 10.1. The van der Waals surface area contributed by atoms with Gasteiger partial charge < -0.3 is 15.0 Å². The average molecular weight is 312 g/mol. The number of nitrogens with one attached hydrogen (secondary N) is 1. The number of carbonyl (C=O) groups excluding carboxylic acids is 2. The molecule has 0 aliphatic rings. The average Bonchev–Trinajstić information content (AvgIpc) is 2.59. The first-order valence-corrected chi connectivity index (χ1v) is 7.31.